The van der Waals surface area contributed by atoms with Gasteiger partial charge in [0, 0.05) is 37.0 Å². The van der Waals surface area contributed by atoms with Crippen molar-refractivity contribution in [3.8, 4) is 11.5 Å². The molecule has 0 N–H and O–H groups in total. The zero-order valence-corrected chi connectivity index (χ0v) is 22.2. The first-order valence-electron chi connectivity index (χ1n) is 12.7. The van der Waals surface area contributed by atoms with Gasteiger partial charge in [-0.25, -0.2) is 0 Å². The van der Waals surface area contributed by atoms with Gasteiger partial charge in [0.25, 0.3) is 0 Å². The Morgan fingerprint density at radius 3 is 2.50 bits per heavy atom. The van der Waals surface area contributed by atoms with Crippen LogP contribution in [0.3, 0.4) is 0 Å². The van der Waals surface area contributed by atoms with Gasteiger partial charge in [0.05, 0.1) is 24.9 Å². The molecule has 6 heteroatoms. The number of hydrogen-bond donors (Lipinski definition) is 0. The largest absolute Gasteiger partial charge is 0.496 e. The Labute approximate surface area is 213 Å². The number of benzene rings is 1. The highest BCUT2D eigenvalue weighted by atomic mass is 16.7. The van der Waals surface area contributed by atoms with Crippen molar-refractivity contribution < 1.29 is 28.5 Å². The van der Waals surface area contributed by atoms with Crippen LogP contribution in [0, 0.1) is 5.92 Å². The molecular weight excluding hydrogens is 456 g/mol. The van der Waals surface area contributed by atoms with Crippen LogP contribution >= 0.6 is 0 Å². The molecule has 0 fully saturated rings. The van der Waals surface area contributed by atoms with Gasteiger partial charge in [0.15, 0.2) is 5.78 Å². The first-order chi connectivity index (χ1) is 17.3. The quantitative estimate of drug-likeness (QED) is 0.272. The third-order valence-corrected chi connectivity index (χ3v) is 7.28. The number of Topliss-reactive ketones (excluding diaryl/α,β-unsaturated/α-hetero) is 1. The first-order valence-corrected chi connectivity index (χ1v) is 12.7. The number of ketones is 2. The van der Waals surface area contributed by atoms with Crippen molar-refractivity contribution in [2.24, 2.45) is 5.92 Å². The van der Waals surface area contributed by atoms with Crippen molar-refractivity contribution in [2.75, 3.05) is 27.9 Å². The molecule has 0 aliphatic heterocycles. The molecule has 0 saturated carbocycles. The number of rotatable bonds is 7. The topological polar surface area (TPSA) is 71.1 Å². The fraction of sp³-hybridized carbons (Fsp3) is 0.467. The second kappa shape index (κ2) is 10.6. The predicted octanol–water partition coefficient (Wildman–Crippen LogP) is 5.80. The van der Waals surface area contributed by atoms with Crippen molar-refractivity contribution in [3.05, 3.63) is 63.8 Å². The fourth-order valence-corrected chi connectivity index (χ4v) is 5.37. The maximum atomic E-state index is 14.2. The summed E-state index contributed by atoms with van der Waals surface area (Å²) in [4.78, 5) is 27.5. The Balaban J connectivity index is 2.14. The summed E-state index contributed by atoms with van der Waals surface area (Å²) < 4.78 is 23.8. The summed E-state index contributed by atoms with van der Waals surface area (Å²) in [6.07, 6.45) is 11.7. The standard InChI is InChI=1S/C30H36O6/c1-7-8-14-36-24-17-23(33-4)20-15-18(2)10-9-11-19(3)16-21-25(20)27(24)29(32)26-22(31)12-13-30(34-5,35-6)28(21)26/h11-13,16-18H,7-10,14-15H2,1-6H3/b19-11-,21-16+. The number of ether oxygens (including phenoxy) is 4. The highest BCUT2D eigenvalue weighted by molar-refractivity contribution is 6.35. The summed E-state index contributed by atoms with van der Waals surface area (Å²) in [5.41, 5.74) is 4.37. The molecule has 0 aromatic heterocycles. The summed E-state index contributed by atoms with van der Waals surface area (Å²) in [7, 11) is 4.68. The molecule has 1 aromatic rings. The van der Waals surface area contributed by atoms with Gasteiger partial charge in [-0.3, -0.25) is 9.59 Å². The summed E-state index contributed by atoms with van der Waals surface area (Å²) in [5.74, 6) is -0.638. The molecule has 6 nitrogen and oxygen atoms in total. The van der Waals surface area contributed by atoms with Crippen molar-refractivity contribution >= 4 is 17.1 Å². The molecule has 36 heavy (non-hydrogen) atoms. The number of hydrogen-bond acceptors (Lipinski definition) is 6. The molecule has 3 aliphatic rings. The van der Waals surface area contributed by atoms with Gasteiger partial charge in [-0.1, -0.05) is 38.0 Å². The lowest BCUT2D eigenvalue weighted by Gasteiger charge is -2.39. The average Bonchev–Trinajstić information content (AvgIpc) is 2.87. The molecule has 0 heterocycles. The van der Waals surface area contributed by atoms with E-state index in [1.807, 2.05) is 19.1 Å². The van der Waals surface area contributed by atoms with E-state index in [1.54, 1.807) is 13.2 Å². The predicted molar refractivity (Wildman–Crippen MR) is 139 cm³/mol. The maximum absolute atomic E-state index is 14.2. The van der Waals surface area contributed by atoms with Gasteiger partial charge < -0.3 is 18.9 Å². The molecule has 3 aliphatic carbocycles. The second-order valence-corrected chi connectivity index (χ2v) is 9.75. The molecule has 192 valence electrons. The second-order valence-electron chi connectivity index (χ2n) is 9.75. The van der Waals surface area contributed by atoms with Gasteiger partial charge in [-0.2, -0.15) is 0 Å². The minimum atomic E-state index is -1.37. The molecule has 0 amide bonds. The highest BCUT2D eigenvalue weighted by Gasteiger charge is 2.48. The molecule has 4 rings (SSSR count). The minimum Gasteiger partial charge on any atom is -0.496 e. The summed E-state index contributed by atoms with van der Waals surface area (Å²) in [6, 6.07) is 1.81. The van der Waals surface area contributed by atoms with Gasteiger partial charge >= 0.3 is 0 Å². The van der Waals surface area contributed by atoms with Crippen molar-refractivity contribution in [2.45, 2.75) is 58.7 Å². The van der Waals surface area contributed by atoms with Crippen LogP contribution in [0.1, 0.15) is 67.9 Å². The third kappa shape index (κ3) is 4.37. The van der Waals surface area contributed by atoms with E-state index in [1.165, 1.54) is 20.3 Å². The summed E-state index contributed by atoms with van der Waals surface area (Å²) >= 11 is 0. The van der Waals surface area contributed by atoms with Crippen LogP contribution in [0.25, 0.3) is 5.57 Å². The monoisotopic (exact) mass is 492 g/mol. The highest BCUT2D eigenvalue weighted by Crippen LogP contribution is 2.51. The lowest BCUT2D eigenvalue weighted by Crippen LogP contribution is -2.42. The van der Waals surface area contributed by atoms with E-state index >= 15 is 0 Å². The molecule has 1 aromatic carbocycles. The van der Waals surface area contributed by atoms with Crippen molar-refractivity contribution in [1.29, 1.82) is 0 Å². The first kappa shape index (κ1) is 26.1. The van der Waals surface area contributed by atoms with Crippen LogP contribution in [-0.2, 0) is 20.7 Å². The van der Waals surface area contributed by atoms with Gasteiger partial charge in [-0.05, 0) is 56.3 Å². The number of unbranched alkanes of at least 4 members (excludes halogenated alkanes) is 1. The zero-order valence-electron chi connectivity index (χ0n) is 22.2. The summed E-state index contributed by atoms with van der Waals surface area (Å²) in [6.45, 7) is 6.80. The van der Waals surface area contributed by atoms with Crippen molar-refractivity contribution in [1.82, 2.24) is 0 Å². The van der Waals surface area contributed by atoms with Gasteiger partial charge in [0.1, 0.15) is 11.5 Å². The van der Waals surface area contributed by atoms with Gasteiger partial charge in [0.2, 0.25) is 11.6 Å². The molecule has 1 atom stereocenters. The molecule has 1 unspecified atom stereocenters. The van der Waals surface area contributed by atoms with Crippen LogP contribution in [0.4, 0.5) is 0 Å². The Hall–Kier alpha value is -2.96. The van der Waals surface area contributed by atoms with Gasteiger partial charge in [-0.15, -0.1) is 0 Å². The number of carbonyl (C=O) groups excluding carboxylic acids is 2. The molecule has 0 saturated heterocycles. The number of fused-ring (bicyclic) bond motifs is 1. The molecular formula is C30H36O6. The lowest BCUT2D eigenvalue weighted by molar-refractivity contribution is -0.141. The smallest absolute Gasteiger partial charge is 0.216 e. The summed E-state index contributed by atoms with van der Waals surface area (Å²) in [5, 5.41) is 0. The average molecular weight is 493 g/mol. The van der Waals surface area contributed by atoms with Crippen LogP contribution < -0.4 is 9.47 Å². The minimum absolute atomic E-state index is 0.0642. The Kier molecular flexibility index (Phi) is 7.67. The van der Waals surface area contributed by atoms with E-state index in [0.717, 1.165) is 54.4 Å². The van der Waals surface area contributed by atoms with E-state index in [2.05, 4.69) is 19.9 Å². The Morgan fingerprint density at radius 2 is 1.83 bits per heavy atom. The Morgan fingerprint density at radius 1 is 1.08 bits per heavy atom. The Bertz CT molecular complexity index is 1190. The molecule has 0 bridgehead atoms. The van der Waals surface area contributed by atoms with E-state index < -0.39 is 5.79 Å². The van der Waals surface area contributed by atoms with Crippen molar-refractivity contribution in [3.63, 3.8) is 0 Å². The van der Waals surface area contributed by atoms with E-state index in [0.29, 0.717) is 35.2 Å². The number of methoxy groups -OCH3 is 3. The fourth-order valence-electron chi connectivity index (χ4n) is 5.37. The van der Waals surface area contributed by atoms with Crippen LogP contribution in [0.15, 0.2) is 47.1 Å². The normalized spacial score (nSPS) is 23.8. The zero-order chi connectivity index (χ0) is 26.0. The number of carbonyl (C=O) groups is 2. The van der Waals surface area contributed by atoms with Crippen LogP contribution in [0.2, 0.25) is 0 Å². The van der Waals surface area contributed by atoms with Crippen LogP contribution in [0.5, 0.6) is 11.5 Å². The molecule has 0 spiro atoms. The lowest BCUT2D eigenvalue weighted by atomic mass is 9.71. The SMILES string of the molecule is CCCCOc1cc(OC)c2c3c1C(=O)C1=C(/C3=C/C(C)=C\CCC(C)C2)C(OC)(OC)C=CC1=O. The van der Waals surface area contributed by atoms with Crippen LogP contribution in [-0.4, -0.2) is 45.3 Å². The maximum Gasteiger partial charge on any atom is 0.216 e. The van der Waals surface area contributed by atoms with E-state index in [9.17, 15) is 9.59 Å². The van der Waals surface area contributed by atoms with E-state index in [-0.39, 0.29) is 17.1 Å². The van der Waals surface area contributed by atoms with E-state index in [4.69, 9.17) is 18.9 Å². The third-order valence-electron chi connectivity index (χ3n) is 7.28. The molecule has 0 radical (unpaired) electrons. The number of allylic oxidation sites excluding steroid dienone is 5.